The number of hydrogen-bond acceptors (Lipinski definition) is 2. The van der Waals surface area contributed by atoms with Gasteiger partial charge >= 0.3 is 5.97 Å². The van der Waals surface area contributed by atoms with E-state index in [1.165, 1.54) is 19.3 Å². The summed E-state index contributed by atoms with van der Waals surface area (Å²) >= 11 is 5.36. The van der Waals surface area contributed by atoms with Gasteiger partial charge in [-0.1, -0.05) is 39.5 Å². The normalized spacial score (nSPS) is 12.5. The van der Waals surface area contributed by atoms with Crippen LogP contribution in [0.15, 0.2) is 0 Å². The monoisotopic (exact) mass is 234 g/mol. The molecule has 0 aliphatic rings. The van der Waals surface area contributed by atoms with Gasteiger partial charge in [0.25, 0.3) is 0 Å². The summed E-state index contributed by atoms with van der Waals surface area (Å²) in [7, 11) is 0. The van der Waals surface area contributed by atoms with Crippen LogP contribution >= 0.6 is 11.6 Å². The summed E-state index contributed by atoms with van der Waals surface area (Å²) in [5.41, 5.74) is 0. The van der Waals surface area contributed by atoms with Gasteiger partial charge in [0, 0.05) is 0 Å². The average Bonchev–Trinajstić information content (AvgIpc) is 2.25. The largest absolute Gasteiger partial charge is 0.465 e. The minimum absolute atomic E-state index is 0.0339. The maximum atomic E-state index is 10.9. The molecule has 3 heteroatoms. The molecule has 0 N–H and O–H groups in total. The number of carbonyl (C=O) groups is 1. The Kier molecular flexibility index (Phi) is 10.1. The van der Waals surface area contributed by atoms with Gasteiger partial charge in [-0.2, -0.15) is 0 Å². The summed E-state index contributed by atoms with van der Waals surface area (Å²) in [6.07, 6.45) is 7.19. The van der Waals surface area contributed by atoms with E-state index in [2.05, 4.69) is 13.8 Å². The van der Waals surface area contributed by atoms with E-state index in [1.807, 2.05) is 0 Å². The van der Waals surface area contributed by atoms with E-state index in [0.29, 0.717) is 12.5 Å². The van der Waals surface area contributed by atoms with E-state index in [4.69, 9.17) is 16.3 Å². The van der Waals surface area contributed by atoms with Crippen LogP contribution in [0, 0.1) is 5.92 Å². The van der Waals surface area contributed by atoms with Crippen molar-refractivity contribution in [2.45, 2.75) is 52.4 Å². The van der Waals surface area contributed by atoms with E-state index >= 15 is 0 Å². The molecule has 2 nitrogen and oxygen atoms in total. The van der Waals surface area contributed by atoms with Crippen molar-refractivity contribution in [3.05, 3.63) is 0 Å². The first-order chi connectivity index (χ1) is 7.24. The molecule has 90 valence electrons. The number of rotatable bonds is 9. The molecule has 0 aromatic rings. The van der Waals surface area contributed by atoms with Gasteiger partial charge in [0.15, 0.2) is 0 Å². The van der Waals surface area contributed by atoms with Crippen LogP contribution < -0.4 is 0 Å². The molecular formula is C12H23ClO2. The average molecular weight is 235 g/mol. The Balaban J connectivity index is 3.66. The molecule has 0 aliphatic heterocycles. The lowest BCUT2D eigenvalue weighted by molar-refractivity contribution is -0.142. The lowest BCUT2D eigenvalue weighted by Gasteiger charge is -2.15. The summed E-state index contributed by atoms with van der Waals surface area (Å²) in [6.45, 7) is 4.90. The van der Waals surface area contributed by atoms with Gasteiger partial charge in [-0.05, 0) is 18.8 Å². The number of esters is 1. The summed E-state index contributed by atoms with van der Waals surface area (Å²) in [5.74, 6) is 0.190. The smallest absolute Gasteiger partial charge is 0.320 e. The first kappa shape index (κ1) is 14.8. The molecule has 0 fully saturated rings. The fraction of sp³-hybridized carbons (Fsp3) is 0.917. The Labute approximate surface area is 98.3 Å². The zero-order chi connectivity index (χ0) is 11.5. The van der Waals surface area contributed by atoms with Crippen molar-refractivity contribution in [3.8, 4) is 0 Å². The number of ether oxygens (including phenoxy) is 1. The van der Waals surface area contributed by atoms with Gasteiger partial charge in [0.1, 0.15) is 5.88 Å². The van der Waals surface area contributed by atoms with Crippen LogP contribution in [0.4, 0.5) is 0 Å². The van der Waals surface area contributed by atoms with Crippen LogP contribution in [-0.2, 0) is 9.53 Å². The number of halogens is 1. The Bertz CT molecular complexity index is 160. The van der Waals surface area contributed by atoms with E-state index < -0.39 is 0 Å². The molecule has 0 spiro atoms. The lowest BCUT2D eigenvalue weighted by atomic mass is 9.97. The minimum atomic E-state index is -0.298. The van der Waals surface area contributed by atoms with Gasteiger partial charge in [0.05, 0.1) is 6.61 Å². The van der Waals surface area contributed by atoms with Crippen molar-refractivity contribution in [2.24, 2.45) is 5.92 Å². The molecular weight excluding hydrogens is 212 g/mol. The van der Waals surface area contributed by atoms with Crippen LogP contribution in [0.5, 0.6) is 0 Å². The first-order valence-corrected chi connectivity index (χ1v) is 6.49. The second-order valence-electron chi connectivity index (χ2n) is 3.97. The first-order valence-electron chi connectivity index (χ1n) is 5.96. The van der Waals surface area contributed by atoms with Crippen molar-refractivity contribution in [2.75, 3.05) is 12.5 Å². The fourth-order valence-corrected chi connectivity index (χ4v) is 1.73. The molecule has 0 aliphatic carbocycles. The molecule has 0 aromatic heterocycles. The standard InChI is InChI=1S/C12H23ClO2/c1-3-5-6-8-11(7-4-2)10-15-12(14)9-13/h11H,3-10H2,1-2H3/t11-/m0/s1. The van der Waals surface area contributed by atoms with Crippen molar-refractivity contribution in [1.82, 2.24) is 0 Å². The molecule has 1 atom stereocenters. The van der Waals surface area contributed by atoms with Crippen LogP contribution in [-0.4, -0.2) is 18.5 Å². The molecule has 0 rings (SSSR count). The van der Waals surface area contributed by atoms with Gasteiger partial charge in [-0.3, -0.25) is 4.79 Å². The third-order valence-electron chi connectivity index (χ3n) is 2.50. The minimum Gasteiger partial charge on any atom is -0.465 e. The van der Waals surface area contributed by atoms with Crippen LogP contribution in [0.1, 0.15) is 52.4 Å². The summed E-state index contributed by atoms with van der Waals surface area (Å²) in [5, 5.41) is 0. The third-order valence-corrected chi connectivity index (χ3v) is 2.72. The van der Waals surface area contributed by atoms with E-state index in [-0.39, 0.29) is 11.8 Å². The highest BCUT2D eigenvalue weighted by molar-refractivity contribution is 6.26. The van der Waals surface area contributed by atoms with Crippen molar-refractivity contribution in [3.63, 3.8) is 0 Å². The van der Waals surface area contributed by atoms with E-state index in [0.717, 1.165) is 19.3 Å². The summed E-state index contributed by atoms with van der Waals surface area (Å²) in [4.78, 5) is 10.9. The zero-order valence-electron chi connectivity index (χ0n) is 9.93. The zero-order valence-corrected chi connectivity index (χ0v) is 10.7. The Morgan fingerprint density at radius 2 is 1.93 bits per heavy atom. The number of hydrogen-bond donors (Lipinski definition) is 0. The maximum Gasteiger partial charge on any atom is 0.320 e. The molecule has 0 heterocycles. The second-order valence-corrected chi connectivity index (χ2v) is 4.23. The van der Waals surface area contributed by atoms with Crippen molar-refractivity contribution >= 4 is 17.6 Å². The SMILES string of the molecule is CCCCC[C@H](CCC)COC(=O)CCl. The fourth-order valence-electron chi connectivity index (χ4n) is 1.65. The predicted molar refractivity (Wildman–Crippen MR) is 64.2 cm³/mol. The maximum absolute atomic E-state index is 10.9. The second kappa shape index (κ2) is 10.3. The Hall–Kier alpha value is -0.240. The molecule has 0 saturated carbocycles. The van der Waals surface area contributed by atoms with Gasteiger partial charge in [-0.15, -0.1) is 11.6 Å². The highest BCUT2D eigenvalue weighted by Gasteiger charge is 2.10. The van der Waals surface area contributed by atoms with Gasteiger partial charge in [0.2, 0.25) is 0 Å². The molecule has 0 saturated heterocycles. The van der Waals surface area contributed by atoms with Crippen LogP contribution in [0.3, 0.4) is 0 Å². The Morgan fingerprint density at radius 3 is 2.47 bits per heavy atom. The number of carbonyl (C=O) groups excluding carboxylic acids is 1. The topological polar surface area (TPSA) is 26.3 Å². The van der Waals surface area contributed by atoms with E-state index in [1.54, 1.807) is 0 Å². The number of unbranched alkanes of at least 4 members (excludes halogenated alkanes) is 2. The number of alkyl halides is 1. The van der Waals surface area contributed by atoms with Crippen LogP contribution in [0.2, 0.25) is 0 Å². The predicted octanol–water partition coefficient (Wildman–Crippen LogP) is 3.77. The van der Waals surface area contributed by atoms with Crippen LogP contribution in [0.25, 0.3) is 0 Å². The molecule has 0 bridgehead atoms. The lowest BCUT2D eigenvalue weighted by Crippen LogP contribution is -2.15. The molecule has 0 amide bonds. The third kappa shape index (κ3) is 8.73. The molecule has 0 aromatic carbocycles. The Morgan fingerprint density at radius 1 is 1.20 bits per heavy atom. The highest BCUT2D eigenvalue weighted by atomic mass is 35.5. The van der Waals surface area contributed by atoms with E-state index in [9.17, 15) is 4.79 Å². The molecule has 15 heavy (non-hydrogen) atoms. The van der Waals surface area contributed by atoms with Crippen molar-refractivity contribution < 1.29 is 9.53 Å². The highest BCUT2D eigenvalue weighted by Crippen LogP contribution is 2.16. The summed E-state index contributed by atoms with van der Waals surface area (Å²) in [6, 6.07) is 0. The van der Waals surface area contributed by atoms with Crippen molar-refractivity contribution in [1.29, 1.82) is 0 Å². The van der Waals surface area contributed by atoms with Gasteiger partial charge in [-0.25, -0.2) is 0 Å². The molecule has 0 radical (unpaired) electrons. The van der Waals surface area contributed by atoms with Gasteiger partial charge < -0.3 is 4.74 Å². The molecule has 0 unspecified atom stereocenters. The summed E-state index contributed by atoms with van der Waals surface area (Å²) < 4.78 is 5.07. The quantitative estimate of drug-likeness (QED) is 0.345.